The summed E-state index contributed by atoms with van der Waals surface area (Å²) in [6.45, 7) is 0. The van der Waals surface area contributed by atoms with Crippen molar-refractivity contribution < 1.29 is 18.3 Å². The van der Waals surface area contributed by atoms with Crippen molar-refractivity contribution in [2.75, 3.05) is 7.11 Å². The molecule has 1 aromatic heterocycles. The van der Waals surface area contributed by atoms with Crippen LogP contribution in [-0.4, -0.2) is 18.1 Å². The molecule has 5 heteroatoms. The lowest BCUT2D eigenvalue weighted by atomic mass is 10.2. The highest BCUT2D eigenvalue weighted by atomic mass is 19.2. The monoisotopic (exact) mass is 187 g/mol. The topological polar surface area (TPSA) is 39.2 Å². The normalized spacial score (nSPS) is 9.77. The first kappa shape index (κ1) is 9.57. The Balaban J connectivity index is 2.79. The summed E-state index contributed by atoms with van der Waals surface area (Å²) in [4.78, 5) is 13.8. The van der Waals surface area contributed by atoms with Crippen molar-refractivity contribution in [1.29, 1.82) is 0 Å². The molecule has 0 aromatic carbocycles. The Morgan fingerprint density at radius 2 is 2.31 bits per heavy atom. The smallest absolute Gasteiger partial charge is 0.310 e. The highest BCUT2D eigenvalue weighted by Crippen LogP contribution is 2.06. The van der Waals surface area contributed by atoms with Gasteiger partial charge in [0.2, 0.25) is 5.95 Å². The summed E-state index contributed by atoms with van der Waals surface area (Å²) < 4.78 is 29.2. The molecule has 0 radical (unpaired) electrons. The minimum atomic E-state index is -1.17. The van der Waals surface area contributed by atoms with Crippen molar-refractivity contribution >= 4 is 5.97 Å². The van der Waals surface area contributed by atoms with Crippen LogP contribution in [0.4, 0.5) is 8.78 Å². The molecule has 13 heavy (non-hydrogen) atoms. The third kappa shape index (κ3) is 2.47. The number of aromatic nitrogens is 1. The summed E-state index contributed by atoms with van der Waals surface area (Å²) >= 11 is 0. The van der Waals surface area contributed by atoms with Crippen LogP contribution >= 0.6 is 0 Å². The molecular weight excluding hydrogens is 180 g/mol. The van der Waals surface area contributed by atoms with Crippen LogP contribution in [0.3, 0.4) is 0 Å². The molecule has 0 atom stereocenters. The summed E-state index contributed by atoms with van der Waals surface area (Å²) in [6, 6.07) is 0.916. The van der Waals surface area contributed by atoms with Gasteiger partial charge in [-0.15, -0.1) is 0 Å². The van der Waals surface area contributed by atoms with E-state index in [1.165, 1.54) is 7.11 Å². The van der Waals surface area contributed by atoms with Crippen LogP contribution in [0.15, 0.2) is 12.3 Å². The molecule has 0 bridgehead atoms. The minimum absolute atomic E-state index is 0.110. The third-order valence-corrected chi connectivity index (χ3v) is 1.43. The van der Waals surface area contributed by atoms with Gasteiger partial charge in [0.15, 0.2) is 5.82 Å². The molecule has 0 saturated heterocycles. The maximum absolute atomic E-state index is 12.5. The van der Waals surface area contributed by atoms with Crippen LogP contribution in [0, 0.1) is 11.8 Å². The maximum Gasteiger partial charge on any atom is 0.310 e. The Morgan fingerprint density at radius 1 is 1.62 bits per heavy atom. The van der Waals surface area contributed by atoms with E-state index >= 15 is 0 Å². The summed E-state index contributed by atoms with van der Waals surface area (Å²) in [5.74, 6) is -2.76. The van der Waals surface area contributed by atoms with Crippen LogP contribution in [0.1, 0.15) is 5.56 Å². The van der Waals surface area contributed by atoms with Crippen molar-refractivity contribution in [2.24, 2.45) is 0 Å². The predicted octanol–water partition coefficient (Wildman–Crippen LogP) is 1.08. The molecule has 0 saturated carbocycles. The van der Waals surface area contributed by atoms with E-state index in [1.54, 1.807) is 0 Å². The maximum atomic E-state index is 12.5. The summed E-state index contributed by atoms with van der Waals surface area (Å²) in [7, 11) is 1.22. The fraction of sp³-hybridized carbons (Fsp3) is 0.250. The molecule has 70 valence electrons. The third-order valence-electron chi connectivity index (χ3n) is 1.43. The van der Waals surface area contributed by atoms with E-state index in [1.807, 2.05) is 0 Å². The number of ether oxygens (including phenoxy) is 1. The Labute approximate surface area is 73.4 Å². The van der Waals surface area contributed by atoms with Crippen LogP contribution in [-0.2, 0) is 16.0 Å². The van der Waals surface area contributed by atoms with E-state index in [9.17, 15) is 13.6 Å². The van der Waals surface area contributed by atoms with Crippen molar-refractivity contribution in [2.45, 2.75) is 6.42 Å². The van der Waals surface area contributed by atoms with Gasteiger partial charge in [-0.1, -0.05) is 0 Å². The second-order valence-electron chi connectivity index (χ2n) is 2.37. The molecule has 1 heterocycles. The Kier molecular flexibility index (Phi) is 2.89. The van der Waals surface area contributed by atoms with Gasteiger partial charge in [0.05, 0.1) is 13.5 Å². The molecule has 0 N–H and O–H groups in total. The molecular formula is C8H7F2NO2. The van der Waals surface area contributed by atoms with E-state index in [4.69, 9.17) is 0 Å². The Hall–Kier alpha value is -1.52. The largest absolute Gasteiger partial charge is 0.469 e. The second kappa shape index (κ2) is 3.93. The molecule has 3 nitrogen and oxygen atoms in total. The fourth-order valence-corrected chi connectivity index (χ4v) is 0.796. The standard InChI is InChI=1S/C8H7F2NO2/c1-13-7(12)3-5-2-6(9)8(10)11-4-5/h2,4H,3H2,1H3. The average Bonchev–Trinajstić information content (AvgIpc) is 2.11. The number of nitrogens with zero attached hydrogens (tertiary/aromatic N) is 1. The molecule has 0 fully saturated rings. The average molecular weight is 187 g/mol. The van der Waals surface area contributed by atoms with Gasteiger partial charge in [0, 0.05) is 6.20 Å². The van der Waals surface area contributed by atoms with Crippen LogP contribution < -0.4 is 0 Å². The lowest BCUT2D eigenvalue weighted by molar-refractivity contribution is -0.139. The molecule has 1 rings (SSSR count). The van der Waals surface area contributed by atoms with Gasteiger partial charge in [-0.25, -0.2) is 9.37 Å². The zero-order chi connectivity index (χ0) is 9.84. The van der Waals surface area contributed by atoms with Crippen LogP contribution in [0.2, 0.25) is 0 Å². The van der Waals surface area contributed by atoms with Gasteiger partial charge in [-0.2, -0.15) is 4.39 Å². The number of carbonyl (C=O) groups excluding carboxylic acids is 1. The van der Waals surface area contributed by atoms with Crippen LogP contribution in [0.25, 0.3) is 0 Å². The molecule has 0 aliphatic rings. The first-order valence-corrected chi connectivity index (χ1v) is 3.50. The second-order valence-corrected chi connectivity index (χ2v) is 2.37. The van der Waals surface area contributed by atoms with Gasteiger partial charge in [-0.05, 0) is 11.6 Å². The number of esters is 1. The lowest BCUT2D eigenvalue weighted by Gasteiger charge is -1.99. The van der Waals surface area contributed by atoms with E-state index in [-0.39, 0.29) is 12.0 Å². The van der Waals surface area contributed by atoms with E-state index < -0.39 is 17.7 Å². The first-order valence-electron chi connectivity index (χ1n) is 3.50. The molecule has 0 unspecified atom stereocenters. The highest BCUT2D eigenvalue weighted by molar-refractivity contribution is 5.72. The Bertz CT molecular complexity index is 328. The lowest BCUT2D eigenvalue weighted by Crippen LogP contribution is -2.05. The molecule has 0 amide bonds. The number of carbonyl (C=O) groups is 1. The summed E-state index contributed by atoms with van der Waals surface area (Å²) in [5.41, 5.74) is 0.283. The van der Waals surface area contributed by atoms with E-state index in [0.29, 0.717) is 0 Å². The van der Waals surface area contributed by atoms with E-state index in [0.717, 1.165) is 12.3 Å². The van der Waals surface area contributed by atoms with Gasteiger partial charge < -0.3 is 4.74 Å². The van der Waals surface area contributed by atoms with Crippen molar-refractivity contribution in [3.63, 3.8) is 0 Å². The number of halogens is 2. The van der Waals surface area contributed by atoms with Gasteiger partial charge in [0.25, 0.3) is 0 Å². The number of pyridine rings is 1. The molecule has 0 aliphatic heterocycles. The first-order chi connectivity index (χ1) is 6.13. The number of rotatable bonds is 2. The highest BCUT2D eigenvalue weighted by Gasteiger charge is 2.07. The molecule has 0 aliphatic carbocycles. The van der Waals surface area contributed by atoms with Crippen molar-refractivity contribution in [3.8, 4) is 0 Å². The number of hydrogen-bond acceptors (Lipinski definition) is 3. The summed E-state index contributed by atoms with van der Waals surface area (Å²) in [6.07, 6.45) is 0.982. The zero-order valence-corrected chi connectivity index (χ0v) is 6.88. The Morgan fingerprint density at radius 3 is 2.85 bits per heavy atom. The van der Waals surface area contributed by atoms with Gasteiger partial charge in [0.1, 0.15) is 0 Å². The predicted molar refractivity (Wildman–Crippen MR) is 39.9 cm³/mol. The quantitative estimate of drug-likeness (QED) is 0.513. The van der Waals surface area contributed by atoms with Crippen molar-refractivity contribution in [1.82, 2.24) is 4.98 Å². The molecule has 1 aromatic rings. The SMILES string of the molecule is COC(=O)Cc1cnc(F)c(F)c1. The van der Waals surface area contributed by atoms with Crippen LogP contribution in [0.5, 0.6) is 0 Å². The summed E-state index contributed by atoms with van der Waals surface area (Å²) in [5, 5.41) is 0. The molecule has 0 spiro atoms. The number of methoxy groups -OCH3 is 1. The number of hydrogen-bond donors (Lipinski definition) is 0. The van der Waals surface area contributed by atoms with E-state index in [2.05, 4.69) is 9.72 Å². The van der Waals surface area contributed by atoms with Gasteiger partial charge in [-0.3, -0.25) is 4.79 Å². The zero-order valence-electron chi connectivity index (χ0n) is 6.88. The minimum Gasteiger partial charge on any atom is -0.469 e. The van der Waals surface area contributed by atoms with Crippen molar-refractivity contribution in [3.05, 3.63) is 29.6 Å². The van der Waals surface area contributed by atoms with Gasteiger partial charge >= 0.3 is 5.97 Å². The fourth-order valence-electron chi connectivity index (χ4n) is 0.796.